The monoisotopic (exact) mass is 330 g/mol. The van der Waals surface area contributed by atoms with Gasteiger partial charge in [0.2, 0.25) is 0 Å². The Bertz CT molecular complexity index is 527. The predicted octanol–water partition coefficient (Wildman–Crippen LogP) is 2.66. The van der Waals surface area contributed by atoms with Crippen LogP contribution in [0.2, 0.25) is 0 Å². The number of carbonyl (C=O) groups excluding carboxylic acids is 1. The Kier molecular flexibility index (Phi) is 5.72. The first-order valence-electron chi connectivity index (χ1n) is 9.41. The topological polar surface area (TPSA) is 62.5 Å². The fourth-order valence-corrected chi connectivity index (χ4v) is 3.81. The number of amides is 1. The largest absolute Gasteiger partial charge is 0.357 e. The van der Waals surface area contributed by atoms with E-state index in [1.54, 1.807) is 6.20 Å². The van der Waals surface area contributed by atoms with Crippen LogP contribution >= 0.6 is 0 Å². The summed E-state index contributed by atoms with van der Waals surface area (Å²) in [4.78, 5) is 21.5. The summed E-state index contributed by atoms with van der Waals surface area (Å²) < 4.78 is 0. The average molecular weight is 330 g/mol. The molecule has 5 heteroatoms. The Morgan fingerprint density at radius 2 is 1.79 bits per heavy atom. The van der Waals surface area contributed by atoms with Gasteiger partial charge in [0.25, 0.3) is 5.91 Å². The number of nitrogens with zero attached hydrogens (tertiary/aromatic N) is 3. The molecule has 1 atom stereocenters. The summed E-state index contributed by atoms with van der Waals surface area (Å²) in [7, 11) is 0. The third-order valence-corrected chi connectivity index (χ3v) is 5.50. The molecule has 0 aliphatic carbocycles. The van der Waals surface area contributed by atoms with Gasteiger partial charge in [0.1, 0.15) is 5.82 Å². The lowest BCUT2D eigenvalue weighted by molar-refractivity contribution is 0.0680. The molecule has 1 amide bonds. The van der Waals surface area contributed by atoms with Crippen molar-refractivity contribution < 1.29 is 4.79 Å². The van der Waals surface area contributed by atoms with Crippen LogP contribution < -0.4 is 10.6 Å². The zero-order valence-corrected chi connectivity index (χ0v) is 14.8. The lowest BCUT2D eigenvalue weighted by atomic mass is 9.91. The van der Waals surface area contributed by atoms with Crippen LogP contribution in [0.1, 0.15) is 55.8 Å². The van der Waals surface area contributed by atoms with Gasteiger partial charge in [-0.3, -0.25) is 4.79 Å². The predicted molar refractivity (Wildman–Crippen MR) is 97.2 cm³/mol. The van der Waals surface area contributed by atoms with Crippen LogP contribution in [0.15, 0.2) is 18.3 Å². The molecule has 2 aliphatic rings. The average Bonchev–Trinajstić information content (AvgIpc) is 2.91. The second-order valence-corrected chi connectivity index (χ2v) is 7.30. The summed E-state index contributed by atoms with van der Waals surface area (Å²) in [5.41, 5.74) is 6.68. The highest BCUT2D eigenvalue weighted by molar-refractivity contribution is 5.94. The molecule has 132 valence electrons. The highest BCUT2D eigenvalue weighted by atomic mass is 16.2. The minimum atomic E-state index is 0.105. The van der Waals surface area contributed by atoms with Gasteiger partial charge in [-0.25, -0.2) is 4.98 Å². The number of nitrogens with two attached hydrogens (primary N) is 1. The van der Waals surface area contributed by atoms with E-state index >= 15 is 0 Å². The summed E-state index contributed by atoms with van der Waals surface area (Å²) in [6.07, 6.45) is 8.84. The first-order chi connectivity index (χ1) is 11.6. The van der Waals surface area contributed by atoms with Crippen LogP contribution in [0.5, 0.6) is 0 Å². The number of likely N-dealkylation sites (tertiary alicyclic amines) is 1. The molecule has 0 radical (unpaired) electrons. The lowest BCUT2D eigenvalue weighted by Crippen LogP contribution is -2.42. The molecular weight excluding hydrogens is 300 g/mol. The summed E-state index contributed by atoms with van der Waals surface area (Å²) >= 11 is 0. The van der Waals surface area contributed by atoms with E-state index < -0.39 is 0 Å². The first kappa shape index (κ1) is 17.2. The number of aromatic nitrogens is 1. The summed E-state index contributed by atoms with van der Waals surface area (Å²) in [6.45, 7) is 5.82. The molecule has 0 saturated carbocycles. The SMILES string of the molecule is CC(N)C1CCN(C(=O)c2ccc(N3CCCCCC3)nc2)CC1. The second-order valence-electron chi connectivity index (χ2n) is 7.30. The molecule has 1 unspecified atom stereocenters. The number of piperidine rings is 1. The zero-order valence-electron chi connectivity index (χ0n) is 14.8. The van der Waals surface area contributed by atoms with E-state index in [4.69, 9.17) is 5.73 Å². The Hall–Kier alpha value is -1.62. The van der Waals surface area contributed by atoms with E-state index in [1.807, 2.05) is 17.0 Å². The Labute approximate surface area is 145 Å². The first-order valence-corrected chi connectivity index (χ1v) is 9.41. The normalized spacial score (nSPS) is 21.4. The summed E-state index contributed by atoms with van der Waals surface area (Å²) in [6, 6.07) is 4.16. The highest BCUT2D eigenvalue weighted by Gasteiger charge is 2.25. The minimum Gasteiger partial charge on any atom is -0.357 e. The number of hydrogen-bond donors (Lipinski definition) is 1. The van der Waals surface area contributed by atoms with Gasteiger partial charge in [-0.15, -0.1) is 0 Å². The Morgan fingerprint density at radius 1 is 1.12 bits per heavy atom. The number of hydrogen-bond acceptors (Lipinski definition) is 4. The van der Waals surface area contributed by atoms with Gasteiger partial charge in [-0.05, 0) is 50.7 Å². The molecule has 1 aromatic rings. The lowest BCUT2D eigenvalue weighted by Gasteiger charge is -2.33. The van der Waals surface area contributed by atoms with Crippen LogP contribution in [0.3, 0.4) is 0 Å². The maximum Gasteiger partial charge on any atom is 0.255 e. The van der Waals surface area contributed by atoms with Crippen LogP contribution in [0, 0.1) is 5.92 Å². The van der Waals surface area contributed by atoms with Crippen LogP contribution in [0.4, 0.5) is 5.82 Å². The van der Waals surface area contributed by atoms with Gasteiger partial charge in [0, 0.05) is 38.4 Å². The van der Waals surface area contributed by atoms with Crippen molar-refractivity contribution in [2.75, 3.05) is 31.1 Å². The van der Waals surface area contributed by atoms with Gasteiger partial charge in [-0.1, -0.05) is 12.8 Å². The van der Waals surface area contributed by atoms with E-state index in [2.05, 4.69) is 16.8 Å². The van der Waals surface area contributed by atoms with E-state index in [1.165, 1.54) is 25.7 Å². The molecule has 0 aromatic carbocycles. The minimum absolute atomic E-state index is 0.105. The number of pyridine rings is 1. The van der Waals surface area contributed by atoms with Gasteiger partial charge in [0.15, 0.2) is 0 Å². The zero-order chi connectivity index (χ0) is 16.9. The van der Waals surface area contributed by atoms with Crippen molar-refractivity contribution in [2.45, 2.75) is 51.5 Å². The Morgan fingerprint density at radius 3 is 2.33 bits per heavy atom. The standard InChI is InChI=1S/C19H30N4O/c1-15(20)16-8-12-23(13-9-16)19(24)17-6-7-18(21-14-17)22-10-4-2-3-5-11-22/h6-7,14-16H,2-5,8-13,20H2,1H3. The number of carbonyl (C=O) groups is 1. The highest BCUT2D eigenvalue weighted by Crippen LogP contribution is 2.22. The molecule has 5 nitrogen and oxygen atoms in total. The van der Waals surface area contributed by atoms with E-state index in [0.717, 1.165) is 44.8 Å². The van der Waals surface area contributed by atoms with Gasteiger partial charge < -0.3 is 15.5 Å². The van der Waals surface area contributed by atoms with Gasteiger partial charge >= 0.3 is 0 Å². The fourth-order valence-electron chi connectivity index (χ4n) is 3.81. The summed E-state index contributed by atoms with van der Waals surface area (Å²) in [5, 5.41) is 0. The van der Waals surface area contributed by atoms with Crippen molar-refractivity contribution >= 4 is 11.7 Å². The molecular formula is C19H30N4O. The second kappa shape index (κ2) is 7.97. The van der Waals surface area contributed by atoms with E-state index in [0.29, 0.717) is 11.5 Å². The quantitative estimate of drug-likeness (QED) is 0.925. The molecule has 2 fully saturated rings. The van der Waals surface area contributed by atoms with Crippen LogP contribution in [0.25, 0.3) is 0 Å². The molecule has 3 heterocycles. The molecule has 2 N–H and O–H groups in total. The molecule has 2 saturated heterocycles. The van der Waals surface area contributed by atoms with Crippen LogP contribution in [-0.4, -0.2) is 48.0 Å². The van der Waals surface area contributed by atoms with Crippen molar-refractivity contribution in [3.63, 3.8) is 0 Å². The van der Waals surface area contributed by atoms with Crippen molar-refractivity contribution in [3.05, 3.63) is 23.9 Å². The van der Waals surface area contributed by atoms with Crippen molar-refractivity contribution in [1.29, 1.82) is 0 Å². The third-order valence-electron chi connectivity index (χ3n) is 5.50. The molecule has 1 aromatic heterocycles. The van der Waals surface area contributed by atoms with E-state index in [9.17, 15) is 4.79 Å². The molecule has 0 spiro atoms. The smallest absolute Gasteiger partial charge is 0.255 e. The molecule has 3 rings (SSSR count). The van der Waals surface area contributed by atoms with Gasteiger partial charge in [0.05, 0.1) is 5.56 Å². The molecule has 0 bridgehead atoms. The Balaban J connectivity index is 1.60. The molecule has 2 aliphatic heterocycles. The maximum atomic E-state index is 12.7. The van der Waals surface area contributed by atoms with Crippen molar-refractivity contribution in [1.82, 2.24) is 9.88 Å². The summed E-state index contributed by atoms with van der Waals surface area (Å²) in [5.74, 6) is 1.65. The van der Waals surface area contributed by atoms with Crippen molar-refractivity contribution in [2.24, 2.45) is 11.7 Å². The van der Waals surface area contributed by atoms with Gasteiger partial charge in [-0.2, -0.15) is 0 Å². The number of rotatable bonds is 3. The van der Waals surface area contributed by atoms with E-state index in [-0.39, 0.29) is 11.9 Å². The van der Waals surface area contributed by atoms with Crippen molar-refractivity contribution in [3.8, 4) is 0 Å². The number of anilines is 1. The third kappa shape index (κ3) is 4.07. The maximum absolute atomic E-state index is 12.7. The van der Waals surface area contributed by atoms with Crippen LogP contribution in [-0.2, 0) is 0 Å². The fraction of sp³-hybridized carbons (Fsp3) is 0.684. The molecule has 24 heavy (non-hydrogen) atoms.